The van der Waals surface area contributed by atoms with Crippen LogP contribution in [0, 0.1) is 0 Å². The molecule has 0 aromatic carbocycles. The van der Waals surface area contributed by atoms with Crippen LogP contribution in [0.4, 0.5) is 14.6 Å². The number of rotatable bonds is 5. The SMILES string of the molecule is CC(F)(F)CCOc1ccc(C(=O)O)c(N)n1. The van der Waals surface area contributed by atoms with Gasteiger partial charge in [0.2, 0.25) is 11.8 Å². The van der Waals surface area contributed by atoms with Gasteiger partial charge >= 0.3 is 5.97 Å². The lowest BCUT2D eigenvalue weighted by Gasteiger charge is -2.11. The van der Waals surface area contributed by atoms with E-state index in [9.17, 15) is 13.6 Å². The Morgan fingerprint density at radius 1 is 1.59 bits per heavy atom. The quantitative estimate of drug-likeness (QED) is 0.827. The molecule has 17 heavy (non-hydrogen) atoms. The standard InChI is InChI=1S/C10H12F2N2O3/c1-10(11,12)4-5-17-7-3-2-6(9(15)16)8(13)14-7/h2-3H,4-5H2,1H3,(H2,13,14)(H,15,16). The summed E-state index contributed by atoms with van der Waals surface area (Å²) < 4.78 is 29.9. The van der Waals surface area contributed by atoms with Gasteiger partial charge in [0.05, 0.1) is 6.61 Å². The van der Waals surface area contributed by atoms with E-state index in [1.807, 2.05) is 0 Å². The number of hydrogen-bond acceptors (Lipinski definition) is 4. The average Bonchev–Trinajstić information content (AvgIpc) is 2.15. The van der Waals surface area contributed by atoms with E-state index >= 15 is 0 Å². The number of carboxylic acid groups (broad SMARTS) is 1. The van der Waals surface area contributed by atoms with E-state index in [2.05, 4.69) is 4.98 Å². The van der Waals surface area contributed by atoms with Crippen LogP contribution in [0.3, 0.4) is 0 Å². The number of alkyl halides is 2. The maximum Gasteiger partial charge on any atom is 0.339 e. The molecule has 3 N–H and O–H groups in total. The molecule has 0 radical (unpaired) electrons. The Morgan fingerprint density at radius 2 is 2.24 bits per heavy atom. The first kappa shape index (κ1) is 13.1. The van der Waals surface area contributed by atoms with Crippen LogP contribution in [0.1, 0.15) is 23.7 Å². The number of ether oxygens (including phenoxy) is 1. The van der Waals surface area contributed by atoms with Crippen LogP contribution in [0.15, 0.2) is 12.1 Å². The molecule has 5 nitrogen and oxygen atoms in total. The molecule has 0 saturated heterocycles. The smallest absolute Gasteiger partial charge is 0.339 e. The van der Waals surface area contributed by atoms with Crippen molar-refractivity contribution in [3.05, 3.63) is 17.7 Å². The molecule has 1 rings (SSSR count). The van der Waals surface area contributed by atoms with Gasteiger partial charge in [-0.15, -0.1) is 0 Å². The molecule has 94 valence electrons. The van der Waals surface area contributed by atoms with Crippen molar-refractivity contribution >= 4 is 11.8 Å². The van der Waals surface area contributed by atoms with Crippen LogP contribution in [0.2, 0.25) is 0 Å². The number of nitrogen functional groups attached to an aromatic ring is 1. The van der Waals surface area contributed by atoms with Gasteiger partial charge in [0.15, 0.2) is 0 Å². The van der Waals surface area contributed by atoms with Gasteiger partial charge in [0.25, 0.3) is 0 Å². The largest absolute Gasteiger partial charge is 0.478 e. The van der Waals surface area contributed by atoms with E-state index in [4.69, 9.17) is 15.6 Å². The molecule has 7 heteroatoms. The monoisotopic (exact) mass is 246 g/mol. The lowest BCUT2D eigenvalue weighted by atomic mass is 10.2. The van der Waals surface area contributed by atoms with Crippen LogP contribution in [0.25, 0.3) is 0 Å². The molecular formula is C10H12F2N2O3. The summed E-state index contributed by atoms with van der Waals surface area (Å²) in [5.74, 6) is -4.20. The van der Waals surface area contributed by atoms with E-state index in [1.165, 1.54) is 12.1 Å². The highest BCUT2D eigenvalue weighted by Gasteiger charge is 2.20. The number of hydrogen-bond donors (Lipinski definition) is 2. The molecule has 0 aliphatic rings. The summed E-state index contributed by atoms with van der Waals surface area (Å²) in [6.45, 7) is 0.564. The molecule has 1 aromatic rings. The molecule has 1 heterocycles. The maximum atomic E-state index is 12.5. The lowest BCUT2D eigenvalue weighted by molar-refractivity contribution is 0.000451. The molecule has 0 bridgehead atoms. The van der Waals surface area contributed by atoms with Crippen molar-refractivity contribution in [1.82, 2.24) is 4.98 Å². The number of pyridine rings is 1. The Morgan fingerprint density at radius 3 is 2.71 bits per heavy atom. The van der Waals surface area contributed by atoms with Crippen LogP contribution < -0.4 is 10.5 Å². The fraction of sp³-hybridized carbons (Fsp3) is 0.400. The summed E-state index contributed by atoms with van der Waals surface area (Å²) in [5, 5.41) is 8.68. The Bertz CT molecular complexity index is 419. The first-order chi connectivity index (χ1) is 7.79. The highest BCUT2D eigenvalue weighted by Crippen LogP contribution is 2.19. The predicted molar refractivity (Wildman–Crippen MR) is 56.3 cm³/mol. The lowest BCUT2D eigenvalue weighted by Crippen LogP contribution is -2.15. The number of carbonyl (C=O) groups is 1. The second-order valence-electron chi connectivity index (χ2n) is 3.56. The molecule has 0 amide bonds. The van der Waals surface area contributed by atoms with Gasteiger partial charge in [-0.1, -0.05) is 0 Å². The highest BCUT2D eigenvalue weighted by molar-refractivity contribution is 5.92. The van der Waals surface area contributed by atoms with E-state index in [-0.39, 0.29) is 23.9 Å². The molecule has 0 saturated carbocycles. The van der Waals surface area contributed by atoms with Gasteiger partial charge in [-0.2, -0.15) is 4.98 Å². The number of anilines is 1. The van der Waals surface area contributed by atoms with Crippen molar-refractivity contribution < 1.29 is 23.4 Å². The third-order valence-electron chi connectivity index (χ3n) is 1.92. The van der Waals surface area contributed by atoms with Crippen LogP contribution >= 0.6 is 0 Å². The second-order valence-corrected chi connectivity index (χ2v) is 3.56. The minimum Gasteiger partial charge on any atom is -0.478 e. The average molecular weight is 246 g/mol. The maximum absolute atomic E-state index is 12.5. The van der Waals surface area contributed by atoms with E-state index < -0.39 is 18.3 Å². The normalized spacial score (nSPS) is 11.2. The van der Waals surface area contributed by atoms with Crippen LogP contribution in [0.5, 0.6) is 5.88 Å². The number of aromatic nitrogens is 1. The third kappa shape index (κ3) is 4.21. The third-order valence-corrected chi connectivity index (χ3v) is 1.92. The molecule has 0 unspecified atom stereocenters. The summed E-state index contributed by atoms with van der Waals surface area (Å²) in [7, 11) is 0. The minimum atomic E-state index is -2.81. The van der Waals surface area contributed by atoms with Crippen molar-refractivity contribution in [2.24, 2.45) is 0 Å². The number of carboxylic acids is 1. The number of halogens is 2. The first-order valence-corrected chi connectivity index (χ1v) is 4.80. The molecule has 0 aliphatic carbocycles. The summed E-state index contributed by atoms with van der Waals surface area (Å²) in [5.41, 5.74) is 5.21. The van der Waals surface area contributed by atoms with Crippen molar-refractivity contribution in [3.63, 3.8) is 0 Å². The van der Waals surface area contributed by atoms with Gasteiger partial charge in [-0.3, -0.25) is 0 Å². The van der Waals surface area contributed by atoms with Crippen LogP contribution in [-0.2, 0) is 0 Å². The number of nitrogens with two attached hydrogens (primary N) is 1. The van der Waals surface area contributed by atoms with Crippen molar-refractivity contribution in [1.29, 1.82) is 0 Å². The molecule has 0 spiro atoms. The zero-order valence-electron chi connectivity index (χ0n) is 9.11. The number of nitrogens with zero attached hydrogens (tertiary/aromatic N) is 1. The summed E-state index contributed by atoms with van der Waals surface area (Å²) in [6.07, 6.45) is -0.449. The van der Waals surface area contributed by atoms with Crippen molar-refractivity contribution in [2.45, 2.75) is 19.3 Å². The van der Waals surface area contributed by atoms with E-state index in [0.717, 1.165) is 6.92 Å². The topological polar surface area (TPSA) is 85.4 Å². The molecular weight excluding hydrogens is 234 g/mol. The molecule has 1 aromatic heterocycles. The fourth-order valence-corrected chi connectivity index (χ4v) is 1.05. The van der Waals surface area contributed by atoms with Crippen molar-refractivity contribution in [3.8, 4) is 5.88 Å². The van der Waals surface area contributed by atoms with Gasteiger partial charge in [-0.25, -0.2) is 13.6 Å². The van der Waals surface area contributed by atoms with Crippen molar-refractivity contribution in [2.75, 3.05) is 12.3 Å². The molecule has 0 atom stereocenters. The number of aromatic carboxylic acids is 1. The Hall–Kier alpha value is -1.92. The van der Waals surface area contributed by atoms with Gasteiger partial charge in [0.1, 0.15) is 11.4 Å². The Kier molecular flexibility index (Phi) is 3.82. The molecule has 0 fully saturated rings. The Labute approximate surface area is 96.2 Å². The summed E-state index contributed by atoms with van der Waals surface area (Å²) >= 11 is 0. The predicted octanol–water partition coefficient (Wildman–Crippen LogP) is 1.79. The van der Waals surface area contributed by atoms with Gasteiger partial charge in [-0.05, 0) is 13.0 Å². The zero-order chi connectivity index (χ0) is 13.1. The second kappa shape index (κ2) is 4.94. The Balaban J connectivity index is 2.62. The van der Waals surface area contributed by atoms with Gasteiger partial charge in [0, 0.05) is 12.5 Å². The fourth-order valence-electron chi connectivity index (χ4n) is 1.05. The highest BCUT2D eigenvalue weighted by atomic mass is 19.3. The first-order valence-electron chi connectivity index (χ1n) is 4.80. The summed E-state index contributed by atoms with van der Waals surface area (Å²) in [6, 6.07) is 2.48. The van der Waals surface area contributed by atoms with E-state index in [1.54, 1.807) is 0 Å². The van der Waals surface area contributed by atoms with Gasteiger partial charge < -0.3 is 15.6 Å². The summed E-state index contributed by atoms with van der Waals surface area (Å²) in [4.78, 5) is 14.3. The van der Waals surface area contributed by atoms with E-state index in [0.29, 0.717) is 0 Å². The zero-order valence-corrected chi connectivity index (χ0v) is 9.11. The van der Waals surface area contributed by atoms with Crippen LogP contribution in [-0.4, -0.2) is 28.6 Å². The minimum absolute atomic E-state index is 0.0248. The molecule has 0 aliphatic heterocycles.